The Morgan fingerprint density at radius 1 is 0.232 bits per heavy atom. The lowest BCUT2D eigenvalue weighted by atomic mass is 9.78. The van der Waals surface area contributed by atoms with E-state index in [4.69, 9.17) is 11.6 Å². The third kappa shape index (κ3) is 9.52. The monoisotopic (exact) mass is 918 g/mol. The first-order valence-corrected chi connectivity index (χ1v) is 24.6. The number of nitrogens with zero attached hydrogens (tertiary/aromatic N) is 2. The third-order valence-electron chi connectivity index (χ3n) is 14.8. The molecule has 9 rings (SSSR count). The summed E-state index contributed by atoms with van der Waals surface area (Å²) in [5.41, 5.74) is 15.4. The third-order valence-corrected chi connectivity index (χ3v) is 15.0. The predicted octanol–water partition coefficient (Wildman–Crippen LogP) is 18.6. The summed E-state index contributed by atoms with van der Waals surface area (Å²) in [5.74, 6) is 0. The van der Waals surface area contributed by atoms with Crippen molar-refractivity contribution >= 4 is 45.7 Å². The largest absolute Gasteiger partial charge is 0.310 e. The smallest absolute Gasteiger partial charge is 0.0497 e. The molecule has 0 spiro atoms. The zero-order valence-electron chi connectivity index (χ0n) is 41.3. The maximum absolute atomic E-state index is 7.35. The van der Waals surface area contributed by atoms with E-state index < -0.39 is 0 Å². The highest BCUT2D eigenvalue weighted by molar-refractivity contribution is 6.31. The minimum atomic E-state index is -0.184. The fraction of sp³-hybridized carbons (Fsp3) is 0.182. The fourth-order valence-corrected chi connectivity index (χ4v) is 10.1. The maximum atomic E-state index is 7.35. The number of anilines is 6. The summed E-state index contributed by atoms with van der Waals surface area (Å²) in [6.45, 7) is 18.4. The molecule has 0 aliphatic rings. The van der Waals surface area contributed by atoms with Crippen LogP contribution in [0.5, 0.6) is 0 Å². The van der Waals surface area contributed by atoms with Crippen LogP contribution in [0.25, 0.3) is 0 Å². The van der Waals surface area contributed by atoms with Crippen molar-refractivity contribution < 1.29 is 0 Å². The summed E-state index contributed by atoms with van der Waals surface area (Å²) in [7, 11) is 0. The Hall–Kier alpha value is -7.13. The Balaban J connectivity index is 1.17. The van der Waals surface area contributed by atoms with Crippen molar-refractivity contribution in [2.24, 2.45) is 0 Å². The molecule has 9 aromatic rings. The van der Waals surface area contributed by atoms with E-state index in [9.17, 15) is 0 Å². The molecule has 69 heavy (non-hydrogen) atoms. The van der Waals surface area contributed by atoms with Gasteiger partial charge in [0, 0.05) is 60.8 Å². The van der Waals surface area contributed by atoms with Crippen molar-refractivity contribution in [1.82, 2.24) is 0 Å². The molecule has 0 unspecified atom stereocenters. The SMILES string of the molecule is CC(C)(c1ccccc1)c1ccc(N(c2ccc(C(C)(C)c3ccccc3)cc2)c2cc(Cl)cc(N(c3ccc(C(C)(C)c4ccccc4)cc3)c3ccc(C(C)(C)c4ccccc4)cc3)c2)cc1. The van der Waals surface area contributed by atoms with E-state index in [0.29, 0.717) is 5.02 Å². The highest BCUT2D eigenvalue weighted by Gasteiger charge is 2.28. The van der Waals surface area contributed by atoms with Crippen molar-refractivity contribution in [1.29, 1.82) is 0 Å². The molecule has 0 radical (unpaired) electrons. The second-order valence-electron chi connectivity index (χ2n) is 20.5. The van der Waals surface area contributed by atoms with Crippen LogP contribution in [0.3, 0.4) is 0 Å². The highest BCUT2D eigenvalue weighted by Crippen LogP contribution is 2.45. The van der Waals surface area contributed by atoms with Crippen LogP contribution in [-0.4, -0.2) is 0 Å². The number of hydrogen-bond acceptors (Lipinski definition) is 2. The Kier molecular flexibility index (Phi) is 13.0. The molecule has 0 amide bonds. The molecule has 0 N–H and O–H groups in total. The van der Waals surface area contributed by atoms with E-state index in [1.165, 1.54) is 44.5 Å². The van der Waals surface area contributed by atoms with Crippen molar-refractivity contribution in [3.05, 3.63) is 286 Å². The first-order chi connectivity index (χ1) is 33.1. The van der Waals surface area contributed by atoms with Gasteiger partial charge >= 0.3 is 0 Å². The van der Waals surface area contributed by atoms with Crippen LogP contribution >= 0.6 is 11.6 Å². The molecule has 0 aliphatic carbocycles. The standard InChI is InChI=1S/C66H63ClN2/c1-63(2,48-21-13-9-14-22-48)52-29-37-57(38-30-52)68(58-39-31-53(32-40-58)64(3,4)49-23-15-10-16-24-49)61-45-56(67)46-62(47-61)69(59-41-33-54(34-42-59)65(5,6)50-25-17-11-18-26-50)60-43-35-55(36-44-60)66(7,8)51-27-19-12-20-28-51/h9-47H,1-8H3. The van der Waals surface area contributed by atoms with Gasteiger partial charge in [0.2, 0.25) is 0 Å². The van der Waals surface area contributed by atoms with Crippen molar-refractivity contribution in [2.75, 3.05) is 9.80 Å². The molecule has 0 saturated heterocycles. The first-order valence-electron chi connectivity index (χ1n) is 24.2. The van der Waals surface area contributed by atoms with E-state index in [1.807, 2.05) is 0 Å². The average molecular weight is 920 g/mol. The highest BCUT2D eigenvalue weighted by atomic mass is 35.5. The fourth-order valence-electron chi connectivity index (χ4n) is 9.91. The van der Waals surface area contributed by atoms with Gasteiger partial charge in [-0.05, 0) is 111 Å². The molecule has 0 bridgehead atoms. The van der Waals surface area contributed by atoms with Crippen LogP contribution in [0.4, 0.5) is 34.1 Å². The van der Waals surface area contributed by atoms with Gasteiger partial charge < -0.3 is 9.80 Å². The zero-order valence-corrected chi connectivity index (χ0v) is 42.0. The topological polar surface area (TPSA) is 6.48 Å². The molecular formula is C66H63ClN2. The van der Waals surface area contributed by atoms with Gasteiger partial charge in [0.1, 0.15) is 0 Å². The van der Waals surface area contributed by atoms with Gasteiger partial charge in [-0.3, -0.25) is 0 Å². The molecule has 0 aliphatic heterocycles. The van der Waals surface area contributed by atoms with Crippen LogP contribution < -0.4 is 9.80 Å². The number of hydrogen-bond donors (Lipinski definition) is 0. The van der Waals surface area contributed by atoms with Crippen molar-refractivity contribution in [3.8, 4) is 0 Å². The number of rotatable bonds is 14. The van der Waals surface area contributed by atoms with Gasteiger partial charge in [0.25, 0.3) is 0 Å². The van der Waals surface area contributed by atoms with Crippen molar-refractivity contribution in [2.45, 2.75) is 77.0 Å². The van der Waals surface area contributed by atoms with E-state index >= 15 is 0 Å². The normalized spacial score (nSPS) is 12.1. The molecule has 0 saturated carbocycles. The van der Waals surface area contributed by atoms with Gasteiger partial charge in [-0.2, -0.15) is 0 Å². The van der Waals surface area contributed by atoms with Crippen molar-refractivity contribution in [3.63, 3.8) is 0 Å². The quantitative estimate of drug-likeness (QED) is 0.107. The van der Waals surface area contributed by atoms with Crippen LogP contribution in [0, 0.1) is 0 Å². The number of benzene rings is 9. The predicted molar refractivity (Wildman–Crippen MR) is 295 cm³/mol. The Labute approximate surface area is 416 Å². The van der Waals surface area contributed by atoms with E-state index in [2.05, 4.69) is 302 Å². The molecule has 9 aromatic carbocycles. The van der Waals surface area contributed by atoms with Crippen LogP contribution in [0.2, 0.25) is 5.02 Å². The lowest BCUT2D eigenvalue weighted by molar-refractivity contribution is 0.640. The van der Waals surface area contributed by atoms with Crippen LogP contribution in [0.15, 0.2) is 237 Å². The summed E-state index contributed by atoms with van der Waals surface area (Å²) in [6, 6.07) is 85.7. The van der Waals surface area contributed by atoms with Gasteiger partial charge in [-0.25, -0.2) is 0 Å². The second-order valence-corrected chi connectivity index (χ2v) is 20.9. The Bertz CT molecular complexity index is 2700. The molecule has 0 atom stereocenters. The van der Waals surface area contributed by atoms with E-state index in [1.54, 1.807) is 0 Å². The lowest BCUT2D eigenvalue weighted by Crippen LogP contribution is -2.20. The summed E-state index contributed by atoms with van der Waals surface area (Å²) in [4.78, 5) is 4.67. The Morgan fingerprint density at radius 2 is 0.420 bits per heavy atom. The zero-order chi connectivity index (χ0) is 48.4. The maximum Gasteiger partial charge on any atom is 0.0497 e. The summed E-state index contributed by atoms with van der Waals surface area (Å²) >= 11 is 7.35. The summed E-state index contributed by atoms with van der Waals surface area (Å²) < 4.78 is 0. The van der Waals surface area contributed by atoms with Gasteiger partial charge in [-0.15, -0.1) is 0 Å². The summed E-state index contributed by atoms with van der Waals surface area (Å²) in [6.07, 6.45) is 0. The minimum absolute atomic E-state index is 0.184. The Morgan fingerprint density at radius 3 is 0.623 bits per heavy atom. The average Bonchev–Trinajstić information content (AvgIpc) is 3.38. The first kappa shape index (κ1) is 47.0. The lowest BCUT2D eigenvalue weighted by Gasteiger charge is -2.32. The second kappa shape index (κ2) is 19.1. The van der Waals surface area contributed by atoms with Gasteiger partial charge in [0.15, 0.2) is 0 Å². The van der Waals surface area contributed by atoms with Crippen LogP contribution in [-0.2, 0) is 21.7 Å². The number of halogens is 1. The molecule has 2 nitrogen and oxygen atoms in total. The summed E-state index contributed by atoms with van der Waals surface area (Å²) in [5, 5.41) is 0.643. The van der Waals surface area contributed by atoms with E-state index in [-0.39, 0.29) is 21.7 Å². The van der Waals surface area contributed by atoms with E-state index in [0.717, 1.165) is 34.1 Å². The molecule has 0 aromatic heterocycles. The van der Waals surface area contributed by atoms with Crippen LogP contribution in [0.1, 0.15) is 99.9 Å². The van der Waals surface area contributed by atoms with Gasteiger partial charge in [-0.1, -0.05) is 237 Å². The van der Waals surface area contributed by atoms with Gasteiger partial charge in [0.05, 0.1) is 0 Å². The molecule has 0 fully saturated rings. The molecule has 3 heteroatoms. The molecule has 344 valence electrons. The minimum Gasteiger partial charge on any atom is -0.310 e. The molecular weight excluding hydrogens is 856 g/mol. The molecule has 0 heterocycles.